The van der Waals surface area contributed by atoms with Crippen molar-refractivity contribution in [2.75, 3.05) is 0 Å². The quantitative estimate of drug-likeness (QED) is 0.570. The summed E-state index contributed by atoms with van der Waals surface area (Å²) in [7, 11) is 0. The van der Waals surface area contributed by atoms with Gasteiger partial charge in [0.2, 0.25) is 0 Å². The van der Waals surface area contributed by atoms with Crippen molar-refractivity contribution < 1.29 is 4.79 Å². The fourth-order valence-corrected chi connectivity index (χ4v) is 0.342. The molecule has 44 valence electrons. The summed E-state index contributed by atoms with van der Waals surface area (Å²) in [6.07, 6.45) is 3.80. The highest BCUT2D eigenvalue weighted by Crippen LogP contribution is 1.77. The summed E-state index contributed by atoms with van der Waals surface area (Å²) in [6, 6.07) is 0. The number of aromatic amines is 1. The van der Waals surface area contributed by atoms with Crippen LogP contribution in [0.3, 0.4) is 0 Å². The van der Waals surface area contributed by atoms with E-state index < -0.39 is 0 Å². The molecule has 0 aliphatic rings. The highest BCUT2D eigenvalue weighted by atomic mass is 35.5. The summed E-state index contributed by atoms with van der Waals surface area (Å²) in [6.45, 7) is 0. The molecule has 0 aliphatic carbocycles. The van der Waals surface area contributed by atoms with Crippen LogP contribution in [0.2, 0.25) is 0 Å². The Balaban J connectivity index is 0.000000490. The van der Waals surface area contributed by atoms with Crippen LogP contribution in [0, 0.1) is 0 Å². The van der Waals surface area contributed by atoms with Gasteiger partial charge in [-0.15, -0.1) is 12.4 Å². The summed E-state index contributed by atoms with van der Waals surface area (Å²) < 4.78 is 0. The molecule has 0 radical (unpaired) electrons. The zero-order valence-electron chi connectivity index (χ0n) is 4.00. The molecule has 1 heterocycles. The molecule has 1 aromatic heterocycles. The average molecular weight is 133 g/mol. The normalized spacial score (nSPS) is 7.50. The second-order valence-electron chi connectivity index (χ2n) is 1.09. The van der Waals surface area contributed by atoms with E-state index in [0.29, 0.717) is 12.1 Å². The molecule has 0 fully saturated rings. The number of nitrogens with zero attached hydrogens (tertiary/aromatic N) is 1. The zero-order chi connectivity index (χ0) is 5.11. The van der Waals surface area contributed by atoms with Gasteiger partial charge in [0.05, 0.1) is 0 Å². The number of hydrogen-bond donors (Lipinski definition) is 1. The van der Waals surface area contributed by atoms with E-state index in [9.17, 15) is 4.79 Å². The first kappa shape index (κ1) is 7.17. The minimum absolute atomic E-state index is 0. The van der Waals surface area contributed by atoms with Crippen LogP contribution in [0.1, 0.15) is 10.6 Å². The minimum Gasteiger partial charge on any atom is -0.342 e. The van der Waals surface area contributed by atoms with Crippen molar-refractivity contribution in [2.45, 2.75) is 0 Å². The number of halogens is 1. The number of rotatable bonds is 1. The number of aldehydes is 1. The van der Waals surface area contributed by atoms with Gasteiger partial charge in [-0.2, -0.15) is 0 Å². The van der Waals surface area contributed by atoms with Crippen molar-refractivity contribution in [1.29, 1.82) is 0 Å². The van der Waals surface area contributed by atoms with E-state index in [1.54, 1.807) is 6.20 Å². The molecule has 4 heteroatoms. The third-order valence-electron chi connectivity index (χ3n) is 0.631. The van der Waals surface area contributed by atoms with E-state index in [4.69, 9.17) is 0 Å². The van der Waals surface area contributed by atoms with Crippen molar-refractivity contribution in [2.24, 2.45) is 0 Å². The molecule has 0 saturated heterocycles. The number of aromatic nitrogens is 2. The van der Waals surface area contributed by atoms with Crippen molar-refractivity contribution in [3.8, 4) is 0 Å². The van der Waals surface area contributed by atoms with Gasteiger partial charge >= 0.3 is 0 Å². The largest absolute Gasteiger partial charge is 0.342 e. The lowest BCUT2D eigenvalue weighted by Gasteiger charge is -1.68. The van der Waals surface area contributed by atoms with E-state index in [0.717, 1.165) is 0 Å². The molecule has 0 bridgehead atoms. The van der Waals surface area contributed by atoms with Gasteiger partial charge in [0.1, 0.15) is 0 Å². The van der Waals surface area contributed by atoms with Crippen molar-refractivity contribution >= 4 is 18.7 Å². The van der Waals surface area contributed by atoms with Crippen LogP contribution in [-0.2, 0) is 0 Å². The number of carbonyl (C=O) groups excluding carboxylic acids is 1. The Labute approximate surface area is 52.5 Å². The number of nitrogens with one attached hydrogen (secondary N) is 1. The molecule has 1 rings (SSSR count). The van der Waals surface area contributed by atoms with E-state index >= 15 is 0 Å². The van der Waals surface area contributed by atoms with Crippen molar-refractivity contribution in [3.63, 3.8) is 0 Å². The van der Waals surface area contributed by atoms with E-state index in [1.807, 2.05) is 0 Å². The third-order valence-corrected chi connectivity index (χ3v) is 0.631. The lowest BCUT2D eigenvalue weighted by molar-refractivity contribution is 0.111. The third kappa shape index (κ3) is 1.35. The van der Waals surface area contributed by atoms with Gasteiger partial charge in [-0.05, 0) is 0 Å². The number of imidazole rings is 1. The van der Waals surface area contributed by atoms with Crippen LogP contribution >= 0.6 is 12.4 Å². The lowest BCUT2D eigenvalue weighted by Crippen LogP contribution is -1.78. The molecule has 1 N–H and O–H groups in total. The standard InChI is InChI=1S/C4H4N2O.ClH/c7-3-4-5-1-2-6-4;/h1-3H,(H,5,6);1H. The van der Waals surface area contributed by atoms with Gasteiger partial charge in [-0.1, -0.05) is 0 Å². The lowest BCUT2D eigenvalue weighted by atomic mass is 10.7. The molecular weight excluding hydrogens is 128 g/mol. The topological polar surface area (TPSA) is 45.8 Å². The van der Waals surface area contributed by atoms with Gasteiger partial charge in [-0.25, -0.2) is 4.98 Å². The Morgan fingerprint density at radius 2 is 2.50 bits per heavy atom. The van der Waals surface area contributed by atoms with Crippen LogP contribution in [0.15, 0.2) is 12.4 Å². The molecule has 0 aromatic carbocycles. The first-order chi connectivity index (χ1) is 3.43. The fourth-order valence-electron chi connectivity index (χ4n) is 0.342. The number of carbonyl (C=O) groups is 1. The van der Waals surface area contributed by atoms with Crippen LogP contribution in [0.25, 0.3) is 0 Å². The van der Waals surface area contributed by atoms with Crippen LogP contribution in [-0.4, -0.2) is 16.3 Å². The summed E-state index contributed by atoms with van der Waals surface area (Å²) >= 11 is 0. The smallest absolute Gasteiger partial charge is 0.185 e. The molecule has 0 unspecified atom stereocenters. The second kappa shape index (κ2) is 3.21. The van der Waals surface area contributed by atoms with Crippen molar-refractivity contribution in [3.05, 3.63) is 18.2 Å². The minimum atomic E-state index is 0. The monoisotopic (exact) mass is 132 g/mol. The highest BCUT2D eigenvalue weighted by Gasteiger charge is 1.82. The van der Waals surface area contributed by atoms with Gasteiger partial charge in [0.25, 0.3) is 0 Å². The Hall–Kier alpha value is -0.830. The molecule has 0 spiro atoms. The Morgan fingerprint density at radius 1 is 1.75 bits per heavy atom. The van der Waals surface area contributed by atoms with Gasteiger partial charge in [0, 0.05) is 12.4 Å². The first-order valence-corrected chi connectivity index (χ1v) is 1.88. The molecule has 0 atom stereocenters. The Kier molecular flexibility index (Phi) is 2.88. The number of H-pyrrole nitrogens is 1. The van der Waals surface area contributed by atoms with E-state index in [1.165, 1.54) is 6.20 Å². The maximum atomic E-state index is 9.77. The molecule has 0 aliphatic heterocycles. The average Bonchev–Trinajstić information content (AvgIpc) is 2.14. The maximum Gasteiger partial charge on any atom is 0.185 e. The first-order valence-electron chi connectivity index (χ1n) is 1.88. The van der Waals surface area contributed by atoms with Gasteiger partial charge in [-0.3, -0.25) is 4.79 Å². The van der Waals surface area contributed by atoms with E-state index in [2.05, 4.69) is 9.97 Å². The SMILES string of the molecule is Cl.O=Cc1ncc[nH]1. The summed E-state index contributed by atoms with van der Waals surface area (Å²) in [5, 5.41) is 0. The maximum absolute atomic E-state index is 9.77. The van der Waals surface area contributed by atoms with E-state index in [-0.39, 0.29) is 12.4 Å². The Bertz CT molecular complexity index is 149. The van der Waals surface area contributed by atoms with Crippen molar-refractivity contribution in [1.82, 2.24) is 9.97 Å². The molecule has 0 saturated carbocycles. The summed E-state index contributed by atoms with van der Waals surface area (Å²) in [4.78, 5) is 16.0. The molecule has 8 heavy (non-hydrogen) atoms. The molecular formula is C4H5ClN2O. The second-order valence-corrected chi connectivity index (χ2v) is 1.09. The predicted molar refractivity (Wildman–Crippen MR) is 31.2 cm³/mol. The van der Waals surface area contributed by atoms with Crippen LogP contribution < -0.4 is 0 Å². The highest BCUT2D eigenvalue weighted by molar-refractivity contribution is 5.85. The molecule has 0 amide bonds. The zero-order valence-corrected chi connectivity index (χ0v) is 4.81. The Morgan fingerprint density at radius 3 is 2.75 bits per heavy atom. The fraction of sp³-hybridized carbons (Fsp3) is 0. The summed E-state index contributed by atoms with van der Waals surface area (Å²) in [5.41, 5.74) is 0. The van der Waals surface area contributed by atoms with Crippen LogP contribution in [0.5, 0.6) is 0 Å². The molecule has 1 aromatic rings. The number of hydrogen-bond acceptors (Lipinski definition) is 2. The van der Waals surface area contributed by atoms with Gasteiger partial charge in [0.15, 0.2) is 12.1 Å². The predicted octanol–water partition coefficient (Wildman–Crippen LogP) is 0.644. The molecule has 3 nitrogen and oxygen atoms in total. The van der Waals surface area contributed by atoms with Gasteiger partial charge < -0.3 is 4.98 Å². The van der Waals surface area contributed by atoms with Crippen LogP contribution in [0.4, 0.5) is 0 Å². The summed E-state index contributed by atoms with van der Waals surface area (Å²) in [5.74, 6) is 0.375.